The standard InChI is InChI=1S/C21H25N5O2/c1-2-26-19(8-11-24-26)21(28)25-12-9-16(14-25)20(27)22-10-7-15-13-23-18-6-4-3-5-17(15)18/h3-6,8,11,13,16,23H,2,7,9-10,12,14H2,1H3,(H,22,27). The van der Waals surface area contributed by atoms with Crippen molar-refractivity contribution in [1.29, 1.82) is 0 Å². The number of nitrogens with one attached hydrogen (secondary N) is 2. The molecule has 1 aliphatic rings. The summed E-state index contributed by atoms with van der Waals surface area (Å²) in [4.78, 5) is 30.2. The third-order valence-corrected chi connectivity index (χ3v) is 5.45. The summed E-state index contributed by atoms with van der Waals surface area (Å²) >= 11 is 0. The van der Waals surface area contributed by atoms with Gasteiger partial charge >= 0.3 is 0 Å². The number of aromatic amines is 1. The third-order valence-electron chi connectivity index (χ3n) is 5.45. The highest BCUT2D eigenvalue weighted by Gasteiger charge is 2.32. The largest absolute Gasteiger partial charge is 0.361 e. The third kappa shape index (κ3) is 3.52. The number of amides is 2. The van der Waals surface area contributed by atoms with Crippen LogP contribution >= 0.6 is 0 Å². The first-order valence-electron chi connectivity index (χ1n) is 9.81. The van der Waals surface area contributed by atoms with Crippen molar-refractivity contribution >= 4 is 22.7 Å². The van der Waals surface area contributed by atoms with Crippen molar-refractivity contribution in [3.8, 4) is 0 Å². The highest BCUT2D eigenvalue weighted by atomic mass is 16.2. The van der Waals surface area contributed by atoms with Gasteiger partial charge in [-0.3, -0.25) is 14.3 Å². The normalized spacial score (nSPS) is 16.6. The molecule has 0 bridgehead atoms. The Balaban J connectivity index is 1.29. The van der Waals surface area contributed by atoms with Gasteiger partial charge in [0.15, 0.2) is 0 Å². The number of carbonyl (C=O) groups is 2. The first-order chi connectivity index (χ1) is 13.7. The Bertz CT molecular complexity index is 990. The number of likely N-dealkylation sites (tertiary alicyclic amines) is 1. The fraction of sp³-hybridized carbons (Fsp3) is 0.381. The number of hydrogen-bond acceptors (Lipinski definition) is 3. The lowest BCUT2D eigenvalue weighted by Gasteiger charge is -2.17. The number of H-pyrrole nitrogens is 1. The fourth-order valence-electron chi connectivity index (χ4n) is 3.89. The number of para-hydroxylation sites is 1. The van der Waals surface area contributed by atoms with Crippen LogP contribution in [0.25, 0.3) is 10.9 Å². The molecule has 0 spiro atoms. The number of carbonyl (C=O) groups excluding carboxylic acids is 2. The summed E-state index contributed by atoms with van der Waals surface area (Å²) in [5, 5.41) is 8.39. The van der Waals surface area contributed by atoms with Crippen LogP contribution in [-0.4, -0.2) is 51.1 Å². The van der Waals surface area contributed by atoms with Crippen molar-refractivity contribution in [2.75, 3.05) is 19.6 Å². The lowest BCUT2D eigenvalue weighted by Crippen LogP contribution is -2.36. The predicted molar refractivity (Wildman–Crippen MR) is 107 cm³/mol. The summed E-state index contributed by atoms with van der Waals surface area (Å²) in [5.41, 5.74) is 2.90. The summed E-state index contributed by atoms with van der Waals surface area (Å²) in [5.74, 6) is -0.169. The van der Waals surface area contributed by atoms with Gasteiger partial charge in [0.05, 0.1) is 5.92 Å². The van der Waals surface area contributed by atoms with E-state index < -0.39 is 0 Å². The molecule has 7 heteroatoms. The van der Waals surface area contributed by atoms with Crippen LogP contribution in [0.4, 0.5) is 0 Å². The second-order valence-corrected chi connectivity index (χ2v) is 7.17. The van der Waals surface area contributed by atoms with Crippen molar-refractivity contribution in [2.24, 2.45) is 5.92 Å². The average molecular weight is 379 g/mol. The first-order valence-corrected chi connectivity index (χ1v) is 9.81. The molecule has 1 fully saturated rings. The van der Waals surface area contributed by atoms with Crippen LogP contribution in [-0.2, 0) is 17.8 Å². The van der Waals surface area contributed by atoms with E-state index in [2.05, 4.69) is 21.5 Å². The molecule has 0 aliphatic carbocycles. The smallest absolute Gasteiger partial charge is 0.272 e. The quantitative estimate of drug-likeness (QED) is 0.689. The van der Waals surface area contributed by atoms with E-state index in [9.17, 15) is 9.59 Å². The second-order valence-electron chi connectivity index (χ2n) is 7.17. The Morgan fingerprint density at radius 1 is 1.29 bits per heavy atom. The molecule has 146 valence electrons. The molecule has 2 N–H and O–H groups in total. The molecule has 28 heavy (non-hydrogen) atoms. The van der Waals surface area contributed by atoms with Crippen LogP contribution < -0.4 is 5.32 Å². The zero-order valence-corrected chi connectivity index (χ0v) is 16.0. The molecule has 0 radical (unpaired) electrons. The van der Waals surface area contributed by atoms with Gasteiger partial charge in [-0.2, -0.15) is 5.10 Å². The maximum absolute atomic E-state index is 12.7. The van der Waals surface area contributed by atoms with Crippen molar-refractivity contribution in [3.05, 3.63) is 54.0 Å². The van der Waals surface area contributed by atoms with Gasteiger partial charge in [-0.15, -0.1) is 0 Å². The zero-order valence-electron chi connectivity index (χ0n) is 16.0. The number of benzene rings is 1. The molecule has 0 saturated carbocycles. The number of hydrogen-bond donors (Lipinski definition) is 2. The SMILES string of the molecule is CCn1nccc1C(=O)N1CCC(C(=O)NCCc2c[nH]c3ccccc23)C1. The van der Waals surface area contributed by atoms with Crippen molar-refractivity contribution < 1.29 is 9.59 Å². The Hall–Kier alpha value is -3.09. The molecule has 1 aliphatic heterocycles. The Morgan fingerprint density at radius 3 is 3.00 bits per heavy atom. The average Bonchev–Trinajstić information content (AvgIpc) is 3.46. The molecule has 2 aromatic heterocycles. The van der Waals surface area contributed by atoms with E-state index in [1.54, 1.807) is 21.8 Å². The monoisotopic (exact) mass is 379 g/mol. The van der Waals surface area contributed by atoms with Crippen molar-refractivity contribution in [2.45, 2.75) is 26.3 Å². The Morgan fingerprint density at radius 2 is 2.14 bits per heavy atom. The van der Waals surface area contributed by atoms with Gasteiger partial charge in [-0.05, 0) is 37.5 Å². The van der Waals surface area contributed by atoms with Crippen molar-refractivity contribution in [1.82, 2.24) is 25.0 Å². The summed E-state index contributed by atoms with van der Waals surface area (Å²) in [6, 6.07) is 9.90. The Labute approximate surface area is 163 Å². The van der Waals surface area contributed by atoms with Gasteiger partial charge in [0.25, 0.3) is 5.91 Å². The molecular weight excluding hydrogens is 354 g/mol. The van der Waals surface area contributed by atoms with E-state index in [0.29, 0.717) is 38.3 Å². The summed E-state index contributed by atoms with van der Waals surface area (Å²) in [7, 11) is 0. The molecule has 4 rings (SSSR count). The minimum atomic E-state index is -0.148. The number of fused-ring (bicyclic) bond motifs is 1. The van der Waals surface area contributed by atoms with Gasteiger partial charge in [0, 0.05) is 49.5 Å². The summed E-state index contributed by atoms with van der Waals surface area (Å²) in [6.07, 6.45) is 5.12. The van der Waals surface area contributed by atoms with E-state index >= 15 is 0 Å². The number of aromatic nitrogens is 3. The van der Waals surface area contributed by atoms with Crippen molar-refractivity contribution in [3.63, 3.8) is 0 Å². The highest BCUT2D eigenvalue weighted by molar-refractivity contribution is 5.93. The predicted octanol–water partition coefficient (Wildman–Crippen LogP) is 2.21. The van der Waals surface area contributed by atoms with Crippen LogP contribution in [0, 0.1) is 5.92 Å². The van der Waals surface area contributed by atoms with Gasteiger partial charge < -0.3 is 15.2 Å². The highest BCUT2D eigenvalue weighted by Crippen LogP contribution is 2.20. The van der Waals surface area contributed by atoms with Crippen LogP contribution in [0.15, 0.2) is 42.7 Å². The minimum Gasteiger partial charge on any atom is -0.361 e. The van der Waals surface area contributed by atoms with E-state index in [4.69, 9.17) is 0 Å². The lowest BCUT2D eigenvalue weighted by molar-refractivity contribution is -0.124. The fourth-order valence-corrected chi connectivity index (χ4v) is 3.89. The van der Waals surface area contributed by atoms with Gasteiger partial charge in [0.1, 0.15) is 5.69 Å². The van der Waals surface area contributed by atoms with E-state index in [-0.39, 0.29) is 17.7 Å². The van der Waals surface area contributed by atoms with Gasteiger partial charge in [0.2, 0.25) is 5.91 Å². The molecule has 3 aromatic rings. The Kier molecular flexibility index (Phi) is 5.14. The first kappa shape index (κ1) is 18.3. The van der Waals surface area contributed by atoms with Crippen LogP contribution in [0.3, 0.4) is 0 Å². The summed E-state index contributed by atoms with van der Waals surface area (Å²) < 4.78 is 1.69. The second kappa shape index (κ2) is 7.88. The molecule has 7 nitrogen and oxygen atoms in total. The van der Waals surface area contributed by atoms with Crippen LogP contribution in [0.2, 0.25) is 0 Å². The zero-order chi connectivity index (χ0) is 19.5. The topological polar surface area (TPSA) is 83.0 Å². The lowest BCUT2D eigenvalue weighted by atomic mass is 10.1. The van der Waals surface area contributed by atoms with E-state index in [1.165, 1.54) is 10.9 Å². The summed E-state index contributed by atoms with van der Waals surface area (Å²) in [6.45, 7) is 4.27. The van der Waals surface area contributed by atoms with E-state index in [1.807, 2.05) is 31.3 Å². The van der Waals surface area contributed by atoms with Gasteiger partial charge in [-0.25, -0.2) is 0 Å². The van der Waals surface area contributed by atoms with Crippen LogP contribution in [0.1, 0.15) is 29.4 Å². The number of nitrogens with zero attached hydrogens (tertiary/aromatic N) is 3. The maximum Gasteiger partial charge on any atom is 0.272 e. The number of aryl methyl sites for hydroxylation is 1. The van der Waals surface area contributed by atoms with Crippen LogP contribution in [0.5, 0.6) is 0 Å². The molecule has 1 aromatic carbocycles. The molecule has 3 heterocycles. The molecule has 1 atom stereocenters. The number of rotatable bonds is 6. The molecule has 2 amide bonds. The molecular formula is C21H25N5O2. The van der Waals surface area contributed by atoms with E-state index in [0.717, 1.165) is 11.9 Å². The maximum atomic E-state index is 12.7. The van der Waals surface area contributed by atoms with Gasteiger partial charge in [-0.1, -0.05) is 18.2 Å². The minimum absolute atomic E-state index is 0.0270. The molecule has 1 saturated heterocycles. The molecule has 1 unspecified atom stereocenters.